The lowest BCUT2D eigenvalue weighted by Crippen LogP contribution is -2.04. The summed E-state index contributed by atoms with van der Waals surface area (Å²) in [5.41, 5.74) is 8.05. The zero-order valence-corrected chi connectivity index (χ0v) is 10.7. The smallest absolute Gasteiger partial charge is 0.200 e. The molecule has 0 spiro atoms. The molecule has 0 aliphatic carbocycles. The van der Waals surface area contributed by atoms with Crippen molar-refractivity contribution in [3.63, 3.8) is 0 Å². The fraction of sp³-hybridized carbons (Fsp3) is 0.250. The molecular formula is C12H14BrN3. The normalized spacial score (nSPS) is 10.6. The van der Waals surface area contributed by atoms with E-state index in [0.717, 1.165) is 28.7 Å². The molecule has 1 aromatic heterocycles. The van der Waals surface area contributed by atoms with Gasteiger partial charge in [-0.2, -0.15) is 0 Å². The molecule has 2 aromatic rings. The van der Waals surface area contributed by atoms with Crippen LogP contribution in [-0.2, 0) is 6.54 Å². The van der Waals surface area contributed by atoms with E-state index in [2.05, 4.69) is 40.0 Å². The third-order valence-corrected chi connectivity index (χ3v) is 3.00. The van der Waals surface area contributed by atoms with Gasteiger partial charge in [0.1, 0.15) is 0 Å². The number of hydrogen-bond donors (Lipinski definition) is 1. The summed E-state index contributed by atoms with van der Waals surface area (Å²) in [4.78, 5) is 4.16. The van der Waals surface area contributed by atoms with Crippen LogP contribution in [-0.4, -0.2) is 9.55 Å². The van der Waals surface area contributed by atoms with Crippen LogP contribution in [0.15, 0.2) is 34.9 Å². The third kappa shape index (κ3) is 2.11. The van der Waals surface area contributed by atoms with Gasteiger partial charge in [0.25, 0.3) is 0 Å². The predicted molar refractivity (Wildman–Crippen MR) is 70.1 cm³/mol. The molecule has 1 aromatic carbocycles. The Bertz CT molecular complexity index is 474. The zero-order valence-electron chi connectivity index (χ0n) is 9.15. The summed E-state index contributed by atoms with van der Waals surface area (Å²) in [6, 6.07) is 8.17. The summed E-state index contributed by atoms with van der Waals surface area (Å²) in [6.45, 7) is 3.03. The van der Waals surface area contributed by atoms with Crippen LogP contribution >= 0.6 is 15.9 Å². The van der Waals surface area contributed by atoms with Gasteiger partial charge in [-0.15, -0.1) is 0 Å². The van der Waals surface area contributed by atoms with Crippen LogP contribution in [0.5, 0.6) is 0 Å². The Kier molecular flexibility index (Phi) is 3.29. The van der Waals surface area contributed by atoms with Crippen LogP contribution < -0.4 is 5.73 Å². The molecule has 2 rings (SSSR count). The highest BCUT2D eigenvalue weighted by atomic mass is 79.9. The van der Waals surface area contributed by atoms with Gasteiger partial charge in [0.2, 0.25) is 5.95 Å². The first-order valence-electron chi connectivity index (χ1n) is 5.29. The summed E-state index contributed by atoms with van der Waals surface area (Å²) in [7, 11) is 0. The van der Waals surface area contributed by atoms with Crippen molar-refractivity contribution < 1.29 is 0 Å². The second-order valence-electron chi connectivity index (χ2n) is 3.66. The number of halogens is 1. The van der Waals surface area contributed by atoms with Crippen LogP contribution in [0.1, 0.15) is 13.3 Å². The zero-order chi connectivity index (χ0) is 11.5. The number of hydrogen-bond acceptors (Lipinski definition) is 2. The largest absolute Gasteiger partial charge is 0.369 e. The highest BCUT2D eigenvalue weighted by molar-refractivity contribution is 9.10. The van der Waals surface area contributed by atoms with Crippen LogP contribution in [0.25, 0.3) is 11.3 Å². The molecule has 0 saturated heterocycles. The molecule has 0 atom stereocenters. The number of nitrogen functional groups attached to an aromatic ring is 1. The first kappa shape index (κ1) is 11.2. The SMILES string of the molecule is CCCn1c(-c2ccc(Br)cc2)cnc1N. The van der Waals surface area contributed by atoms with Crippen LogP contribution in [0.3, 0.4) is 0 Å². The van der Waals surface area contributed by atoms with E-state index in [1.165, 1.54) is 0 Å². The fourth-order valence-electron chi connectivity index (χ4n) is 1.70. The van der Waals surface area contributed by atoms with Gasteiger partial charge in [-0.05, 0) is 24.1 Å². The van der Waals surface area contributed by atoms with E-state index in [4.69, 9.17) is 5.73 Å². The van der Waals surface area contributed by atoms with Crippen molar-refractivity contribution in [2.75, 3.05) is 5.73 Å². The maximum absolute atomic E-state index is 5.84. The molecule has 0 unspecified atom stereocenters. The monoisotopic (exact) mass is 279 g/mol. The molecule has 3 nitrogen and oxygen atoms in total. The number of anilines is 1. The molecule has 0 fully saturated rings. The third-order valence-electron chi connectivity index (χ3n) is 2.47. The lowest BCUT2D eigenvalue weighted by molar-refractivity contribution is 0.693. The van der Waals surface area contributed by atoms with Gasteiger partial charge in [0.05, 0.1) is 11.9 Å². The highest BCUT2D eigenvalue weighted by Gasteiger charge is 2.08. The summed E-state index contributed by atoms with van der Waals surface area (Å²) in [5, 5.41) is 0. The summed E-state index contributed by atoms with van der Waals surface area (Å²) >= 11 is 3.43. The van der Waals surface area contributed by atoms with Gasteiger partial charge >= 0.3 is 0 Å². The van der Waals surface area contributed by atoms with E-state index in [-0.39, 0.29) is 0 Å². The van der Waals surface area contributed by atoms with E-state index >= 15 is 0 Å². The first-order chi connectivity index (χ1) is 7.72. The maximum Gasteiger partial charge on any atom is 0.200 e. The lowest BCUT2D eigenvalue weighted by Gasteiger charge is -2.08. The van der Waals surface area contributed by atoms with Crippen LogP contribution in [0, 0.1) is 0 Å². The van der Waals surface area contributed by atoms with Gasteiger partial charge in [0, 0.05) is 11.0 Å². The van der Waals surface area contributed by atoms with Gasteiger partial charge < -0.3 is 10.3 Å². The molecule has 0 radical (unpaired) electrons. The highest BCUT2D eigenvalue weighted by Crippen LogP contribution is 2.23. The van der Waals surface area contributed by atoms with Gasteiger partial charge in [-0.25, -0.2) is 4.98 Å². The van der Waals surface area contributed by atoms with Crippen molar-refractivity contribution in [3.05, 3.63) is 34.9 Å². The summed E-state index contributed by atoms with van der Waals surface area (Å²) < 4.78 is 3.12. The number of rotatable bonds is 3. The number of nitrogens with two attached hydrogens (primary N) is 1. The topological polar surface area (TPSA) is 43.8 Å². The lowest BCUT2D eigenvalue weighted by atomic mass is 10.2. The van der Waals surface area contributed by atoms with Gasteiger partial charge in [0.15, 0.2) is 0 Å². The van der Waals surface area contributed by atoms with Crippen molar-refractivity contribution in [1.29, 1.82) is 0 Å². The van der Waals surface area contributed by atoms with Crippen molar-refractivity contribution in [3.8, 4) is 11.3 Å². The molecule has 0 amide bonds. The van der Waals surface area contributed by atoms with Crippen LogP contribution in [0.2, 0.25) is 0 Å². The second-order valence-corrected chi connectivity index (χ2v) is 4.58. The second kappa shape index (κ2) is 4.70. The van der Waals surface area contributed by atoms with Crippen molar-refractivity contribution >= 4 is 21.9 Å². The van der Waals surface area contributed by atoms with Crippen LogP contribution in [0.4, 0.5) is 5.95 Å². The minimum atomic E-state index is 0.583. The van der Waals surface area contributed by atoms with E-state index in [1.54, 1.807) is 0 Å². The number of benzene rings is 1. The first-order valence-corrected chi connectivity index (χ1v) is 6.08. The van der Waals surface area contributed by atoms with E-state index in [1.807, 2.05) is 22.9 Å². The molecule has 0 bridgehead atoms. The Morgan fingerprint density at radius 1 is 1.31 bits per heavy atom. The molecule has 1 heterocycles. The molecule has 16 heavy (non-hydrogen) atoms. The molecule has 84 valence electrons. The van der Waals surface area contributed by atoms with Gasteiger partial charge in [-0.3, -0.25) is 0 Å². The Balaban J connectivity index is 2.43. The predicted octanol–water partition coefficient (Wildman–Crippen LogP) is 3.30. The molecule has 0 aliphatic heterocycles. The number of imidazole rings is 1. The van der Waals surface area contributed by atoms with Crippen molar-refractivity contribution in [1.82, 2.24) is 9.55 Å². The Labute approximate surface area is 103 Å². The van der Waals surface area contributed by atoms with Crippen molar-refractivity contribution in [2.24, 2.45) is 0 Å². The summed E-state index contributed by atoms with van der Waals surface area (Å²) in [5.74, 6) is 0.583. The Morgan fingerprint density at radius 2 is 2.00 bits per heavy atom. The summed E-state index contributed by atoms with van der Waals surface area (Å²) in [6.07, 6.45) is 2.87. The van der Waals surface area contributed by atoms with E-state index in [9.17, 15) is 0 Å². The maximum atomic E-state index is 5.84. The molecule has 0 aliphatic rings. The minimum Gasteiger partial charge on any atom is -0.369 e. The number of nitrogens with zero attached hydrogens (tertiary/aromatic N) is 2. The standard InChI is InChI=1S/C12H14BrN3/c1-2-7-16-11(8-15-12(16)14)9-3-5-10(13)6-4-9/h3-6,8H,2,7H2,1H3,(H2,14,15). The minimum absolute atomic E-state index is 0.583. The Hall–Kier alpha value is -1.29. The molecule has 0 saturated carbocycles. The molecule has 4 heteroatoms. The van der Waals surface area contributed by atoms with Crippen molar-refractivity contribution in [2.45, 2.75) is 19.9 Å². The number of aromatic nitrogens is 2. The quantitative estimate of drug-likeness (QED) is 0.937. The van der Waals surface area contributed by atoms with E-state index in [0.29, 0.717) is 5.95 Å². The average Bonchev–Trinajstić information content (AvgIpc) is 2.63. The molecular weight excluding hydrogens is 266 g/mol. The van der Waals surface area contributed by atoms with Gasteiger partial charge in [-0.1, -0.05) is 35.0 Å². The molecule has 2 N–H and O–H groups in total. The fourth-order valence-corrected chi connectivity index (χ4v) is 1.96. The average molecular weight is 280 g/mol. The van der Waals surface area contributed by atoms with E-state index < -0.39 is 0 Å². The Morgan fingerprint density at radius 3 is 2.62 bits per heavy atom.